The average Bonchev–Trinajstić information content (AvgIpc) is 3.12. The van der Waals surface area contributed by atoms with Gasteiger partial charge in [-0.15, -0.1) is 0 Å². The van der Waals surface area contributed by atoms with Crippen LogP contribution in [-0.2, 0) is 22.6 Å². The van der Waals surface area contributed by atoms with Crippen molar-refractivity contribution in [3.63, 3.8) is 0 Å². The van der Waals surface area contributed by atoms with E-state index in [2.05, 4.69) is 18.2 Å². The molecule has 0 aromatic heterocycles. The van der Waals surface area contributed by atoms with Crippen LogP contribution in [0.5, 0.6) is 0 Å². The Morgan fingerprint density at radius 1 is 0.923 bits per heavy atom. The van der Waals surface area contributed by atoms with E-state index in [-0.39, 0.29) is 11.8 Å². The van der Waals surface area contributed by atoms with E-state index in [4.69, 9.17) is 0 Å². The monoisotopic (exact) mass is 346 g/mol. The van der Waals surface area contributed by atoms with Crippen molar-refractivity contribution in [3.8, 4) is 0 Å². The van der Waals surface area contributed by atoms with Crippen LogP contribution in [0.4, 0.5) is 5.69 Å². The molecule has 2 heterocycles. The number of rotatable bonds is 3. The lowest BCUT2D eigenvalue weighted by Gasteiger charge is -2.27. The van der Waals surface area contributed by atoms with Crippen LogP contribution in [0.1, 0.15) is 29.5 Å². The minimum atomic E-state index is 0.0401. The lowest BCUT2D eigenvalue weighted by Crippen LogP contribution is -2.34. The molecule has 2 amide bonds. The van der Waals surface area contributed by atoms with Crippen molar-refractivity contribution in [2.45, 2.75) is 25.8 Å². The summed E-state index contributed by atoms with van der Waals surface area (Å²) in [4.78, 5) is 28.0. The summed E-state index contributed by atoms with van der Waals surface area (Å²) in [7, 11) is 0. The smallest absolute Gasteiger partial charge is 0.246 e. The maximum absolute atomic E-state index is 12.5. The maximum atomic E-state index is 12.5. The van der Waals surface area contributed by atoms with Gasteiger partial charge < -0.3 is 9.80 Å². The summed E-state index contributed by atoms with van der Waals surface area (Å²) < 4.78 is 0. The molecule has 2 aromatic carbocycles. The molecule has 0 radical (unpaired) electrons. The molecule has 2 aliphatic rings. The zero-order chi connectivity index (χ0) is 17.9. The van der Waals surface area contributed by atoms with Crippen molar-refractivity contribution in [2.24, 2.45) is 0 Å². The molecule has 26 heavy (non-hydrogen) atoms. The van der Waals surface area contributed by atoms with Gasteiger partial charge in [0.25, 0.3) is 0 Å². The second-order valence-electron chi connectivity index (χ2n) is 6.85. The summed E-state index contributed by atoms with van der Waals surface area (Å²) in [5, 5.41) is 0. The number of benzene rings is 2. The lowest BCUT2D eigenvalue weighted by atomic mass is 10.00. The Labute approximate surface area is 153 Å². The van der Waals surface area contributed by atoms with E-state index in [1.165, 1.54) is 11.1 Å². The highest BCUT2D eigenvalue weighted by Crippen LogP contribution is 2.22. The van der Waals surface area contributed by atoms with Gasteiger partial charge in [-0.3, -0.25) is 9.59 Å². The first-order chi connectivity index (χ1) is 12.7. The molecule has 0 aliphatic carbocycles. The van der Waals surface area contributed by atoms with E-state index in [1.54, 1.807) is 6.08 Å². The zero-order valence-corrected chi connectivity index (χ0v) is 14.7. The van der Waals surface area contributed by atoms with Crippen molar-refractivity contribution in [1.29, 1.82) is 0 Å². The molecular formula is C22H22N2O2. The summed E-state index contributed by atoms with van der Waals surface area (Å²) in [5.74, 6) is 0.229. The van der Waals surface area contributed by atoms with Gasteiger partial charge in [-0.25, -0.2) is 0 Å². The number of anilines is 1. The normalized spacial score (nSPS) is 17.0. The minimum Gasteiger partial charge on any atom is -0.334 e. The highest BCUT2D eigenvalue weighted by molar-refractivity contribution is 5.95. The fourth-order valence-electron chi connectivity index (χ4n) is 3.64. The molecule has 4 rings (SSSR count). The third-order valence-corrected chi connectivity index (χ3v) is 5.14. The minimum absolute atomic E-state index is 0.0401. The molecule has 0 unspecified atom stereocenters. The largest absolute Gasteiger partial charge is 0.334 e. The Balaban J connectivity index is 1.40. The fraction of sp³-hybridized carbons (Fsp3) is 0.273. The number of carbonyl (C=O) groups excluding carboxylic acids is 2. The molecule has 0 atom stereocenters. The summed E-state index contributed by atoms with van der Waals surface area (Å²) in [6.07, 6.45) is 5.96. The first-order valence-corrected chi connectivity index (χ1v) is 9.15. The average molecular weight is 346 g/mol. The van der Waals surface area contributed by atoms with Crippen molar-refractivity contribution < 1.29 is 9.59 Å². The molecule has 2 aliphatic heterocycles. The second-order valence-corrected chi connectivity index (χ2v) is 6.85. The van der Waals surface area contributed by atoms with Crippen molar-refractivity contribution in [2.75, 3.05) is 18.0 Å². The summed E-state index contributed by atoms with van der Waals surface area (Å²) in [6, 6.07) is 16.1. The van der Waals surface area contributed by atoms with Gasteiger partial charge in [0.1, 0.15) is 0 Å². The zero-order valence-electron chi connectivity index (χ0n) is 14.7. The summed E-state index contributed by atoms with van der Waals surface area (Å²) in [6.45, 7) is 2.23. The highest BCUT2D eigenvalue weighted by Gasteiger charge is 2.21. The second kappa shape index (κ2) is 7.16. The van der Waals surface area contributed by atoms with Gasteiger partial charge in [-0.2, -0.15) is 0 Å². The van der Waals surface area contributed by atoms with E-state index >= 15 is 0 Å². The quantitative estimate of drug-likeness (QED) is 0.799. The van der Waals surface area contributed by atoms with Gasteiger partial charge in [0.15, 0.2) is 0 Å². The Hall–Kier alpha value is -2.88. The molecule has 0 saturated carbocycles. The molecule has 2 aromatic rings. The summed E-state index contributed by atoms with van der Waals surface area (Å²) in [5.41, 5.74) is 4.47. The van der Waals surface area contributed by atoms with Gasteiger partial charge in [0, 0.05) is 37.8 Å². The van der Waals surface area contributed by atoms with Gasteiger partial charge in [0.2, 0.25) is 11.8 Å². The van der Waals surface area contributed by atoms with Crippen molar-refractivity contribution in [3.05, 3.63) is 71.3 Å². The third kappa shape index (κ3) is 3.40. The Morgan fingerprint density at radius 3 is 2.42 bits per heavy atom. The number of amides is 2. The number of carbonyl (C=O) groups is 2. The number of hydrogen-bond donors (Lipinski definition) is 0. The van der Waals surface area contributed by atoms with Crippen LogP contribution in [-0.4, -0.2) is 29.8 Å². The number of fused-ring (bicyclic) bond motifs is 1. The first kappa shape index (κ1) is 16.6. The molecule has 4 nitrogen and oxygen atoms in total. The standard InChI is InChI=1S/C22H22N2O2/c25-21(23-15-13-18-4-1-2-5-19(18)16-23)12-9-17-7-10-20(11-8-17)24-14-3-6-22(24)26/h1-2,4-5,7-12H,3,6,13-16H2. The molecule has 132 valence electrons. The third-order valence-electron chi connectivity index (χ3n) is 5.14. The molecular weight excluding hydrogens is 324 g/mol. The molecule has 4 heteroatoms. The van der Waals surface area contributed by atoms with Gasteiger partial charge in [-0.05, 0) is 47.7 Å². The maximum Gasteiger partial charge on any atom is 0.246 e. The van der Waals surface area contributed by atoms with Gasteiger partial charge in [-0.1, -0.05) is 36.4 Å². The summed E-state index contributed by atoms with van der Waals surface area (Å²) >= 11 is 0. The van der Waals surface area contributed by atoms with E-state index in [0.29, 0.717) is 13.0 Å². The molecule has 0 spiro atoms. The predicted molar refractivity (Wildman–Crippen MR) is 103 cm³/mol. The van der Waals surface area contributed by atoms with Gasteiger partial charge in [0.05, 0.1) is 0 Å². The van der Waals surface area contributed by atoms with Crippen LogP contribution in [0, 0.1) is 0 Å². The highest BCUT2D eigenvalue weighted by atomic mass is 16.2. The Bertz CT molecular complexity index is 855. The van der Waals surface area contributed by atoms with E-state index < -0.39 is 0 Å². The van der Waals surface area contributed by atoms with Crippen LogP contribution in [0.25, 0.3) is 6.08 Å². The Kier molecular flexibility index (Phi) is 4.57. The Morgan fingerprint density at radius 2 is 1.69 bits per heavy atom. The van der Waals surface area contributed by atoms with Crippen LogP contribution >= 0.6 is 0 Å². The lowest BCUT2D eigenvalue weighted by molar-refractivity contribution is -0.126. The number of hydrogen-bond acceptors (Lipinski definition) is 2. The molecule has 1 fully saturated rings. The van der Waals surface area contributed by atoms with Crippen LogP contribution in [0.2, 0.25) is 0 Å². The van der Waals surface area contributed by atoms with Crippen molar-refractivity contribution >= 4 is 23.6 Å². The van der Waals surface area contributed by atoms with E-state index in [1.807, 2.05) is 46.2 Å². The molecule has 1 saturated heterocycles. The first-order valence-electron chi connectivity index (χ1n) is 9.15. The van der Waals surface area contributed by atoms with Gasteiger partial charge >= 0.3 is 0 Å². The van der Waals surface area contributed by atoms with Crippen LogP contribution in [0.3, 0.4) is 0 Å². The van der Waals surface area contributed by atoms with E-state index in [0.717, 1.165) is 37.2 Å². The topological polar surface area (TPSA) is 40.6 Å². The van der Waals surface area contributed by atoms with Crippen LogP contribution in [0.15, 0.2) is 54.6 Å². The number of nitrogens with zero attached hydrogens (tertiary/aromatic N) is 2. The SMILES string of the molecule is O=C(C=Cc1ccc(N2CCCC2=O)cc1)N1CCc2ccccc2C1. The van der Waals surface area contributed by atoms with E-state index in [9.17, 15) is 9.59 Å². The van der Waals surface area contributed by atoms with Crippen molar-refractivity contribution in [1.82, 2.24) is 4.90 Å². The molecule has 0 N–H and O–H groups in total. The molecule has 0 bridgehead atoms. The van der Waals surface area contributed by atoms with Crippen LogP contribution < -0.4 is 4.90 Å². The fourth-order valence-corrected chi connectivity index (χ4v) is 3.64. The predicted octanol–water partition coefficient (Wildman–Crippen LogP) is 3.41.